The quantitative estimate of drug-likeness (QED) is 0.769. The van der Waals surface area contributed by atoms with E-state index in [4.69, 9.17) is 5.73 Å². The molecule has 3 atom stereocenters. The number of nitrogens with zero attached hydrogens (tertiary/aromatic N) is 2. The Morgan fingerprint density at radius 2 is 1.75 bits per heavy atom. The lowest BCUT2D eigenvalue weighted by molar-refractivity contribution is -0.138. The maximum Gasteiger partial charge on any atom is 0.225 e. The van der Waals surface area contributed by atoms with Crippen LogP contribution >= 0.6 is 0 Å². The number of carbonyl (C=O) groups is 1. The summed E-state index contributed by atoms with van der Waals surface area (Å²) in [6.07, 6.45) is 3.83. The van der Waals surface area contributed by atoms with Gasteiger partial charge in [-0.2, -0.15) is 4.31 Å². The molecule has 116 valence electrons. The molecule has 2 aliphatic rings. The van der Waals surface area contributed by atoms with Gasteiger partial charge in [-0.05, 0) is 25.2 Å². The Kier molecular flexibility index (Phi) is 4.71. The van der Waals surface area contributed by atoms with E-state index in [9.17, 15) is 13.2 Å². The predicted octanol–water partition coefficient (Wildman–Crippen LogP) is -0.146. The zero-order valence-corrected chi connectivity index (χ0v) is 13.1. The molecule has 0 aromatic heterocycles. The van der Waals surface area contributed by atoms with Gasteiger partial charge in [-0.25, -0.2) is 8.42 Å². The molecule has 6 nitrogen and oxygen atoms in total. The van der Waals surface area contributed by atoms with Crippen molar-refractivity contribution in [3.8, 4) is 0 Å². The Hall–Kier alpha value is -0.660. The fourth-order valence-electron chi connectivity index (χ4n) is 3.14. The van der Waals surface area contributed by atoms with Crippen LogP contribution in [0.15, 0.2) is 0 Å². The zero-order chi connectivity index (χ0) is 14.9. The second-order valence-electron chi connectivity index (χ2n) is 6.14. The van der Waals surface area contributed by atoms with Gasteiger partial charge in [0.25, 0.3) is 0 Å². The first-order valence-corrected chi connectivity index (χ1v) is 9.13. The average molecular weight is 303 g/mol. The number of hydrogen-bond acceptors (Lipinski definition) is 4. The number of sulfonamides is 1. The minimum atomic E-state index is -3.14. The van der Waals surface area contributed by atoms with Gasteiger partial charge in [-0.3, -0.25) is 4.79 Å². The number of amides is 1. The summed E-state index contributed by atoms with van der Waals surface area (Å²) in [6, 6.07) is 0.209. The molecule has 0 aromatic carbocycles. The first kappa shape index (κ1) is 15.7. The maximum atomic E-state index is 12.5. The fraction of sp³-hybridized carbons (Fsp3) is 0.923. The standard InChI is InChI=1S/C13H25N3O3S/c1-10-9-11(3-4-12(10)14)13(17)15-5-7-16(8-6-15)20(2,18)19/h10-12H,3-9,14H2,1-2H3. The summed E-state index contributed by atoms with van der Waals surface area (Å²) in [7, 11) is -3.14. The molecule has 7 heteroatoms. The van der Waals surface area contributed by atoms with Crippen LogP contribution in [-0.2, 0) is 14.8 Å². The summed E-state index contributed by atoms with van der Waals surface area (Å²) >= 11 is 0. The maximum absolute atomic E-state index is 12.5. The minimum Gasteiger partial charge on any atom is -0.340 e. The first-order valence-electron chi connectivity index (χ1n) is 7.28. The van der Waals surface area contributed by atoms with Gasteiger partial charge in [0.2, 0.25) is 15.9 Å². The molecule has 1 saturated carbocycles. The van der Waals surface area contributed by atoms with E-state index in [1.165, 1.54) is 10.6 Å². The van der Waals surface area contributed by atoms with E-state index >= 15 is 0 Å². The van der Waals surface area contributed by atoms with Crippen molar-refractivity contribution in [2.45, 2.75) is 32.2 Å². The molecule has 1 heterocycles. The van der Waals surface area contributed by atoms with E-state index in [1.807, 2.05) is 4.90 Å². The molecule has 0 spiro atoms. The first-order chi connectivity index (χ1) is 9.29. The summed E-state index contributed by atoms with van der Waals surface area (Å²) in [4.78, 5) is 14.3. The molecule has 2 rings (SSSR count). The van der Waals surface area contributed by atoms with Gasteiger partial charge in [0.1, 0.15) is 0 Å². The lowest BCUT2D eigenvalue weighted by Gasteiger charge is -2.38. The fourth-order valence-corrected chi connectivity index (χ4v) is 3.97. The number of hydrogen-bond donors (Lipinski definition) is 1. The Morgan fingerprint density at radius 1 is 1.15 bits per heavy atom. The van der Waals surface area contributed by atoms with E-state index in [0.717, 1.165) is 19.3 Å². The topological polar surface area (TPSA) is 83.7 Å². The minimum absolute atomic E-state index is 0.0644. The third kappa shape index (κ3) is 3.51. The molecular weight excluding hydrogens is 278 g/mol. The molecule has 2 N–H and O–H groups in total. The van der Waals surface area contributed by atoms with E-state index < -0.39 is 10.0 Å². The monoisotopic (exact) mass is 303 g/mol. The highest BCUT2D eigenvalue weighted by atomic mass is 32.2. The van der Waals surface area contributed by atoms with E-state index in [2.05, 4.69) is 6.92 Å². The molecule has 1 saturated heterocycles. The number of piperazine rings is 1. The second-order valence-corrected chi connectivity index (χ2v) is 8.12. The Balaban J connectivity index is 1.89. The Labute approximate surface area is 121 Å². The molecule has 1 aliphatic heterocycles. The Morgan fingerprint density at radius 3 is 2.25 bits per heavy atom. The molecule has 1 aliphatic carbocycles. The van der Waals surface area contributed by atoms with Crippen LogP contribution in [0.4, 0.5) is 0 Å². The van der Waals surface area contributed by atoms with Crippen molar-refractivity contribution in [2.75, 3.05) is 32.4 Å². The average Bonchev–Trinajstić information content (AvgIpc) is 2.40. The number of nitrogens with two attached hydrogens (primary N) is 1. The molecule has 0 radical (unpaired) electrons. The molecule has 3 unspecified atom stereocenters. The van der Waals surface area contributed by atoms with Crippen LogP contribution in [-0.4, -0.2) is 62.0 Å². The van der Waals surface area contributed by atoms with Gasteiger partial charge in [0, 0.05) is 38.1 Å². The van der Waals surface area contributed by atoms with Crippen LogP contribution < -0.4 is 5.73 Å². The van der Waals surface area contributed by atoms with Crippen LogP contribution in [0.25, 0.3) is 0 Å². The van der Waals surface area contributed by atoms with Gasteiger partial charge in [0.15, 0.2) is 0 Å². The smallest absolute Gasteiger partial charge is 0.225 e. The van der Waals surface area contributed by atoms with Crippen molar-refractivity contribution in [1.29, 1.82) is 0 Å². The zero-order valence-electron chi connectivity index (χ0n) is 12.3. The second kappa shape index (κ2) is 5.99. The number of rotatable bonds is 2. The summed E-state index contributed by atoms with van der Waals surface area (Å²) in [5.74, 6) is 0.626. The van der Waals surface area contributed by atoms with Crippen molar-refractivity contribution in [3.05, 3.63) is 0 Å². The highest BCUT2D eigenvalue weighted by Gasteiger charge is 2.34. The van der Waals surface area contributed by atoms with E-state index in [0.29, 0.717) is 32.1 Å². The van der Waals surface area contributed by atoms with Gasteiger partial charge < -0.3 is 10.6 Å². The van der Waals surface area contributed by atoms with Gasteiger partial charge >= 0.3 is 0 Å². The van der Waals surface area contributed by atoms with Crippen LogP contribution in [0.2, 0.25) is 0 Å². The van der Waals surface area contributed by atoms with Crippen molar-refractivity contribution < 1.29 is 13.2 Å². The van der Waals surface area contributed by atoms with Crippen molar-refractivity contribution in [1.82, 2.24) is 9.21 Å². The summed E-state index contributed by atoms with van der Waals surface area (Å²) in [6.45, 7) is 3.93. The summed E-state index contributed by atoms with van der Waals surface area (Å²) in [5, 5.41) is 0. The highest BCUT2D eigenvalue weighted by molar-refractivity contribution is 7.88. The van der Waals surface area contributed by atoms with Crippen molar-refractivity contribution >= 4 is 15.9 Å². The van der Waals surface area contributed by atoms with Crippen molar-refractivity contribution in [3.63, 3.8) is 0 Å². The third-order valence-electron chi connectivity index (χ3n) is 4.60. The lowest BCUT2D eigenvalue weighted by Crippen LogP contribution is -2.52. The van der Waals surface area contributed by atoms with Crippen LogP contribution in [0.5, 0.6) is 0 Å². The van der Waals surface area contributed by atoms with Crippen LogP contribution in [0, 0.1) is 11.8 Å². The molecule has 1 amide bonds. The molecular formula is C13H25N3O3S. The SMILES string of the molecule is CC1CC(C(=O)N2CCN(S(C)(=O)=O)CC2)CCC1N. The third-order valence-corrected chi connectivity index (χ3v) is 5.91. The molecule has 2 fully saturated rings. The normalized spacial score (nSPS) is 33.1. The van der Waals surface area contributed by atoms with Gasteiger partial charge in [-0.1, -0.05) is 6.92 Å². The Bertz CT molecular complexity index is 457. The molecule has 0 aromatic rings. The number of carbonyl (C=O) groups excluding carboxylic acids is 1. The largest absolute Gasteiger partial charge is 0.340 e. The van der Waals surface area contributed by atoms with Gasteiger partial charge in [0.05, 0.1) is 6.26 Å². The van der Waals surface area contributed by atoms with Crippen LogP contribution in [0.3, 0.4) is 0 Å². The summed E-state index contributed by atoms with van der Waals surface area (Å²) in [5.41, 5.74) is 5.99. The van der Waals surface area contributed by atoms with Crippen molar-refractivity contribution in [2.24, 2.45) is 17.6 Å². The summed E-state index contributed by atoms with van der Waals surface area (Å²) < 4.78 is 24.3. The molecule has 20 heavy (non-hydrogen) atoms. The van der Waals surface area contributed by atoms with E-state index in [1.54, 1.807) is 0 Å². The molecule has 0 bridgehead atoms. The predicted molar refractivity (Wildman–Crippen MR) is 77.5 cm³/mol. The van der Waals surface area contributed by atoms with E-state index in [-0.39, 0.29) is 17.9 Å². The van der Waals surface area contributed by atoms with Gasteiger partial charge in [-0.15, -0.1) is 0 Å². The van der Waals surface area contributed by atoms with Crippen LogP contribution in [0.1, 0.15) is 26.2 Å². The lowest BCUT2D eigenvalue weighted by atomic mass is 9.78. The highest BCUT2D eigenvalue weighted by Crippen LogP contribution is 2.29.